The molecule has 0 fully saturated rings. The molecule has 0 aliphatic heterocycles. The third kappa shape index (κ3) is 3.58. The van der Waals surface area contributed by atoms with Crippen LogP contribution in [0, 0.1) is 29.1 Å². The minimum Gasteiger partial charge on any atom is -0.497 e. The van der Waals surface area contributed by atoms with Crippen molar-refractivity contribution in [1.82, 2.24) is 0 Å². The Morgan fingerprint density at radius 1 is 0.957 bits per heavy atom. The van der Waals surface area contributed by atoms with Crippen molar-refractivity contribution in [2.24, 2.45) is 5.16 Å². The first-order valence-corrected chi connectivity index (χ1v) is 6.25. The Labute approximate surface area is 127 Å². The Hall–Kier alpha value is -2.64. The third-order valence-electron chi connectivity index (χ3n) is 2.88. The summed E-state index contributed by atoms with van der Waals surface area (Å²) in [5.74, 6) is -9.62. The first kappa shape index (κ1) is 16.7. The number of halogens is 5. The van der Waals surface area contributed by atoms with Crippen molar-refractivity contribution in [1.29, 1.82) is 0 Å². The van der Waals surface area contributed by atoms with Crippen LogP contribution in [0.15, 0.2) is 29.4 Å². The average molecular weight is 331 g/mol. The first-order chi connectivity index (χ1) is 11.0. The molecule has 8 heteroatoms. The molecule has 0 spiro atoms. The fourth-order valence-corrected chi connectivity index (χ4v) is 1.70. The minimum absolute atomic E-state index is 0.550. The lowest BCUT2D eigenvalue weighted by molar-refractivity contribution is 0.124. The Balaban J connectivity index is 2.11. The zero-order valence-electron chi connectivity index (χ0n) is 11.7. The summed E-state index contributed by atoms with van der Waals surface area (Å²) in [6, 6.07) is 6.61. The van der Waals surface area contributed by atoms with E-state index in [-0.39, 0.29) is 0 Å². The molecule has 0 amide bonds. The molecule has 0 heterocycles. The molecule has 0 atom stereocenters. The lowest BCUT2D eigenvalue weighted by Gasteiger charge is -2.06. The molecule has 0 aromatic heterocycles. The maximum absolute atomic E-state index is 13.4. The van der Waals surface area contributed by atoms with Gasteiger partial charge in [-0.3, -0.25) is 0 Å². The third-order valence-corrected chi connectivity index (χ3v) is 2.88. The number of hydrogen-bond donors (Lipinski definition) is 0. The molecule has 2 rings (SSSR count). The van der Waals surface area contributed by atoms with Crippen LogP contribution in [0.4, 0.5) is 22.0 Å². The highest BCUT2D eigenvalue weighted by molar-refractivity contribution is 5.79. The maximum atomic E-state index is 13.4. The van der Waals surface area contributed by atoms with Crippen LogP contribution < -0.4 is 4.74 Å². The van der Waals surface area contributed by atoms with E-state index in [4.69, 9.17) is 4.74 Å². The van der Waals surface area contributed by atoms with E-state index in [2.05, 4.69) is 9.99 Å². The number of oxime groups is 1. The van der Waals surface area contributed by atoms with Gasteiger partial charge < -0.3 is 9.57 Å². The van der Waals surface area contributed by atoms with Gasteiger partial charge in [0.05, 0.1) is 18.9 Å². The van der Waals surface area contributed by atoms with Crippen LogP contribution in [0.5, 0.6) is 5.75 Å². The SMILES string of the molecule is COc1cccc(C=NOCc2c(F)c(F)c(F)c(F)c2F)c1. The van der Waals surface area contributed by atoms with Crippen LogP contribution in [0.3, 0.4) is 0 Å². The van der Waals surface area contributed by atoms with Gasteiger partial charge in [0.2, 0.25) is 5.82 Å². The van der Waals surface area contributed by atoms with Crippen LogP contribution in [0.25, 0.3) is 0 Å². The Morgan fingerprint density at radius 2 is 1.57 bits per heavy atom. The van der Waals surface area contributed by atoms with E-state index in [0.717, 1.165) is 0 Å². The molecule has 0 saturated carbocycles. The second kappa shape index (κ2) is 7.08. The largest absolute Gasteiger partial charge is 0.497 e. The minimum atomic E-state index is -2.22. The highest BCUT2D eigenvalue weighted by atomic mass is 19.2. The Bertz CT molecular complexity index is 720. The fourth-order valence-electron chi connectivity index (χ4n) is 1.70. The quantitative estimate of drug-likeness (QED) is 0.273. The molecule has 2 aromatic rings. The van der Waals surface area contributed by atoms with Gasteiger partial charge in [0.15, 0.2) is 23.3 Å². The van der Waals surface area contributed by atoms with Crippen LogP contribution in [0.1, 0.15) is 11.1 Å². The van der Waals surface area contributed by atoms with E-state index in [1.165, 1.54) is 13.3 Å². The van der Waals surface area contributed by atoms with Gasteiger partial charge in [0.25, 0.3) is 0 Å². The summed E-state index contributed by atoms with van der Waals surface area (Å²) in [5, 5.41) is 3.42. The molecule has 0 unspecified atom stereocenters. The zero-order chi connectivity index (χ0) is 17.0. The highest BCUT2D eigenvalue weighted by Crippen LogP contribution is 2.23. The topological polar surface area (TPSA) is 30.8 Å². The molecule has 122 valence electrons. The van der Waals surface area contributed by atoms with Gasteiger partial charge in [0.1, 0.15) is 12.4 Å². The van der Waals surface area contributed by atoms with Crippen LogP contribution >= 0.6 is 0 Å². The van der Waals surface area contributed by atoms with Gasteiger partial charge in [-0.2, -0.15) is 0 Å². The summed E-state index contributed by atoms with van der Waals surface area (Å²) in [6.45, 7) is -0.910. The van der Waals surface area contributed by atoms with Gasteiger partial charge >= 0.3 is 0 Å². The van der Waals surface area contributed by atoms with E-state index in [9.17, 15) is 22.0 Å². The Morgan fingerprint density at radius 3 is 2.17 bits per heavy atom. The molecule has 0 bridgehead atoms. The first-order valence-electron chi connectivity index (χ1n) is 6.25. The average Bonchev–Trinajstić information content (AvgIpc) is 2.57. The van der Waals surface area contributed by atoms with Gasteiger partial charge in [-0.1, -0.05) is 17.3 Å². The predicted molar refractivity (Wildman–Crippen MR) is 71.6 cm³/mol. The summed E-state index contributed by atoms with van der Waals surface area (Å²) in [7, 11) is 1.47. The molecule has 0 N–H and O–H groups in total. The second-order valence-corrected chi connectivity index (χ2v) is 4.33. The summed E-state index contributed by atoms with van der Waals surface area (Å²) in [5.41, 5.74) is -0.536. The summed E-state index contributed by atoms with van der Waals surface area (Å²) < 4.78 is 70.6. The number of methoxy groups -OCH3 is 1. The van der Waals surface area contributed by atoms with Crippen molar-refractivity contribution in [2.45, 2.75) is 6.61 Å². The summed E-state index contributed by atoms with van der Waals surface area (Å²) in [6.07, 6.45) is 1.20. The van der Waals surface area contributed by atoms with E-state index >= 15 is 0 Å². The number of nitrogens with zero attached hydrogens (tertiary/aromatic N) is 1. The number of hydrogen-bond acceptors (Lipinski definition) is 3. The molecule has 0 saturated heterocycles. The van der Waals surface area contributed by atoms with Gasteiger partial charge in [-0.15, -0.1) is 0 Å². The molecule has 23 heavy (non-hydrogen) atoms. The van der Waals surface area contributed by atoms with E-state index in [1.807, 2.05) is 0 Å². The monoisotopic (exact) mass is 331 g/mol. The summed E-state index contributed by atoms with van der Waals surface area (Å²) in [4.78, 5) is 4.60. The van der Waals surface area contributed by atoms with E-state index < -0.39 is 41.3 Å². The zero-order valence-corrected chi connectivity index (χ0v) is 11.7. The van der Waals surface area contributed by atoms with Crippen molar-refractivity contribution in [3.63, 3.8) is 0 Å². The predicted octanol–water partition coefficient (Wildman–Crippen LogP) is 3.94. The fraction of sp³-hybridized carbons (Fsp3) is 0.133. The molecule has 0 aliphatic carbocycles. The van der Waals surface area contributed by atoms with Crippen LogP contribution in [-0.4, -0.2) is 13.3 Å². The molecular weight excluding hydrogens is 321 g/mol. The van der Waals surface area contributed by atoms with Gasteiger partial charge in [-0.25, -0.2) is 22.0 Å². The molecule has 0 radical (unpaired) electrons. The summed E-state index contributed by atoms with van der Waals surface area (Å²) >= 11 is 0. The maximum Gasteiger partial charge on any atom is 0.200 e. The van der Waals surface area contributed by atoms with Crippen molar-refractivity contribution in [2.75, 3.05) is 7.11 Å². The van der Waals surface area contributed by atoms with Crippen molar-refractivity contribution >= 4 is 6.21 Å². The van der Waals surface area contributed by atoms with E-state index in [1.54, 1.807) is 24.3 Å². The van der Waals surface area contributed by atoms with Crippen molar-refractivity contribution in [3.8, 4) is 5.75 Å². The molecular formula is C15H10F5NO2. The van der Waals surface area contributed by atoms with Crippen LogP contribution in [-0.2, 0) is 11.4 Å². The van der Waals surface area contributed by atoms with Crippen molar-refractivity contribution < 1.29 is 31.5 Å². The Kier molecular flexibility index (Phi) is 5.15. The normalized spacial score (nSPS) is 11.0. The van der Waals surface area contributed by atoms with Gasteiger partial charge in [0, 0.05) is 0 Å². The number of rotatable bonds is 5. The molecule has 3 nitrogen and oxygen atoms in total. The molecule has 2 aromatic carbocycles. The van der Waals surface area contributed by atoms with Gasteiger partial charge in [-0.05, 0) is 17.7 Å². The smallest absolute Gasteiger partial charge is 0.200 e. The number of ether oxygens (including phenoxy) is 1. The number of benzene rings is 2. The molecule has 0 aliphatic rings. The lowest BCUT2D eigenvalue weighted by Crippen LogP contribution is -2.07. The highest BCUT2D eigenvalue weighted by Gasteiger charge is 2.25. The van der Waals surface area contributed by atoms with Crippen LogP contribution in [0.2, 0.25) is 0 Å². The second-order valence-electron chi connectivity index (χ2n) is 4.33. The standard InChI is InChI=1S/C15H10F5NO2/c1-22-9-4-2-3-8(5-9)6-21-23-7-10-11(16)13(18)15(20)14(19)12(10)17/h2-6H,7H2,1H3. The van der Waals surface area contributed by atoms with E-state index in [0.29, 0.717) is 11.3 Å². The van der Waals surface area contributed by atoms with Crippen molar-refractivity contribution in [3.05, 3.63) is 64.5 Å². The lowest BCUT2D eigenvalue weighted by atomic mass is 10.2.